The van der Waals surface area contributed by atoms with Gasteiger partial charge in [-0.3, -0.25) is 4.79 Å². The van der Waals surface area contributed by atoms with Crippen LogP contribution in [0, 0.1) is 11.3 Å². The van der Waals surface area contributed by atoms with E-state index < -0.39 is 11.4 Å². The van der Waals surface area contributed by atoms with Gasteiger partial charge in [-0.1, -0.05) is 6.42 Å². The van der Waals surface area contributed by atoms with Crippen molar-refractivity contribution in [2.75, 3.05) is 0 Å². The van der Waals surface area contributed by atoms with E-state index in [0.29, 0.717) is 12.8 Å². The van der Waals surface area contributed by atoms with Crippen molar-refractivity contribution in [2.24, 2.45) is 0 Å². The SMILES string of the molecule is CC(C)(C)OC(=O)C[C@H]1C[C@@H](CC#N)OC2(CCCCC2)O1. The number of carbonyl (C=O) groups is 1. The Balaban J connectivity index is 2.00. The predicted octanol–water partition coefficient (Wildman–Crippen LogP) is 3.47. The van der Waals surface area contributed by atoms with Crippen molar-refractivity contribution < 1.29 is 19.0 Å². The van der Waals surface area contributed by atoms with Gasteiger partial charge in [-0.15, -0.1) is 0 Å². The molecule has 1 heterocycles. The second kappa shape index (κ2) is 6.97. The molecule has 0 unspecified atom stereocenters. The van der Waals surface area contributed by atoms with Crippen LogP contribution in [0.1, 0.15) is 72.1 Å². The van der Waals surface area contributed by atoms with Crippen LogP contribution in [0.15, 0.2) is 0 Å². The highest BCUT2D eigenvalue weighted by Gasteiger charge is 2.44. The maximum atomic E-state index is 12.1. The number of nitriles is 1. The van der Waals surface area contributed by atoms with E-state index in [2.05, 4.69) is 6.07 Å². The number of hydrogen-bond donors (Lipinski definition) is 0. The zero-order chi connectivity index (χ0) is 16.2. The molecule has 124 valence electrons. The normalized spacial score (nSPS) is 28.1. The summed E-state index contributed by atoms with van der Waals surface area (Å²) in [5, 5.41) is 8.96. The maximum Gasteiger partial charge on any atom is 0.308 e. The Bertz CT molecular complexity index is 429. The van der Waals surface area contributed by atoms with Crippen LogP contribution in [0.4, 0.5) is 0 Å². The molecule has 0 radical (unpaired) electrons. The van der Waals surface area contributed by atoms with E-state index >= 15 is 0 Å². The fraction of sp³-hybridized carbons (Fsp3) is 0.882. The molecule has 0 amide bonds. The zero-order valence-electron chi connectivity index (χ0n) is 13.9. The first kappa shape index (κ1) is 17.2. The number of hydrogen-bond acceptors (Lipinski definition) is 5. The number of nitrogens with zero attached hydrogens (tertiary/aromatic N) is 1. The summed E-state index contributed by atoms with van der Waals surface area (Å²) >= 11 is 0. The average Bonchev–Trinajstić information content (AvgIpc) is 2.36. The van der Waals surface area contributed by atoms with E-state index in [1.54, 1.807) is 0 Å². The molecule has 2 fully saturated rings. The first-order valence-corrected chi connectivity index (χ1v) is 8.26. The highest BCUT2D eigenvalue weighted by atomic mass is 16.7. The van der Waals surface area contributed by atoms with Gasteiger partial charge >= 0.3 is 5.97 Å². The molecule has 0 bridgehead atoms. The van der Waals surface area contributed by atoms with Crippen LogP contribution in [0.25, 0.3) is 0 Å². The van der Waals surface area contributed by atoms with Gasteiger partial charge in [0.2, 0.25) is 0 Å². The lowest BCUT2D eigenvalue weighted by Crippen LogP contribution is -2.50. The summed E-state index contributed by atoms with van der Waals surface area (Å²) in [4.78, 5) is 12.1. The van der Waals surface area contributed by atoms with Gasteiger partial charge in [0, 0.05) is 19.3 Å². The number of esters is 1. The standard InChI is InChI=1S/C17H27NO4/c1-16(2,3)22-15(19)12-14-11-13(7-10-18)20-17(21-14)8-5-4-6-9-17/h13-14H,4-9,11-12H2,1-3H3/t13-,14-/m1/s1. The van der Waals surface area contributed by atoms with Crippen LogP contribution in [0.3, 0.4) is 0 Å². The number of ether oxygens (including phenoxy) is 3. The van der Waals surface area contributed by atoms with Crippen LogP contribution < -0.4 is 0 Å². The maximum absolute atomic E-state index is 12.1. The number of rotatable bonds is 3. The van der Waals surface area contributed by atoms with Gasteiger partial charge in [0.1, 0.15) is 5.60 Å². The third-order valence-electron chi connectivity index (χ3n) is 4.04. The highest BCUT2D eigenvalue weighted by molar-refractivity contribution is 5.70. The summed E-state index contributed by atoms with van der Waals surface area (Å²) in [5.74, 6) is -0.842. The van der Waals surface area contributed by atoms with Crippen LogP contribution in [-0.2, 0) is 19.0 Å². The summed E-state index contributed by atoms with van der Waals surface area (Å²) in [6, 6.07) is 2.17. The second-order valence-electron chi connectivity index (χ2n) is 7.34. The molecule has 1 spiro atoms. The van der Waals surface area contributed by atoms with Crippen molar-refractivity contribution in [3.63, 3.8) is 0 Å². The van der Waals surface area contributed by atoms with Gasteiger partial charge < -0.3 is 14.2 Å². The third kappa shape index (κ3) is 4.96. The summed E-state index contributed by atoms with van der Waals surface area (Å²) in [6.45, 7) is 5.57. The van der Waals surface area contributed by atoms with Crippen LogP contribution in [0.2, 0.25) is 0 Å². The molecular weight excluding hydrogens is 282 g/mol. The fourth-order valence-corrected chi connectivity index (χ4v) is 3.27. The summed E-state index contributed by atoms with van der Waals surface area (Å²) in [7, 11) is 0. The Kier molecular flexibility index (Phi) is 5.46. The predicted molar refractivity (Wildman–Crippen MR) is 80.9 cm³/mol. The summed E-state index contributed by atoms with van der Waals surface area (Å²) in [5.41, 5.74) is -0.489. The van der Waals surface area contributed by atoms with Crippen LogP contribution >= 0.6 is 0 Å². The van der Waals surface area contributed by atoms with E-state index in [4.69, 9.17) is 19.5 Å². The Morgan fingerprint density at radius 2 is 1.86 bits per heavy atom. The minimum Gasteiger partial charge on any atom is -0.460 e. The molecule has 0 aromatic heterocycles. The van der Waals surface area contributed by atoms with Crippen LogP contribution in [-0.4, -0.2) is 29.6 Å². The Morgan fingerprint density at radius 3 is 2.45 bits per heavy atom. The van der Waals surface area contributed by atoms with E-state index in [-0.39, 0.29) is 24.6 Å². The van der Waals surface area contributed by atoms with Gasteiger partial charge in [0.05, 0.1) is 31.1 Å². The van der Waals surface area contributed by atoms with Crippen molar-refractivity contribution in [1.29, 1.82) is 5.26 Å². The highest BCUT2D eigenvalue weighted by Crippen LogP contribution is 2.40. The van der Waals surface area contributed by atoms with Crippen molar-refractivity contribution >= 4 is 5.97 Å². The molecule has 2 rings (SSSR count). The summed E-state index contributed by atoms with van der Waals surface area (Å²) in [6.07, 6.45) is 5.79. The fourth-order valence-electron chi connectivity index (χ4n) is 3.27. The molecule has 5 nitrogen and oxygen atoms in total. The molecule has 22 heavy (non-hydrogen) atoms. The lowest BCUT2D eigenvalue weighted by molar-refractivity contribution is -0.328. The lowest BCUT2D eigenvalue weighted by Gasteiger charge is -2.46. The molecule has 2 aliphatic rings. The Hall–Kier alpha value is -1.12. The molecule has 2 atom stereocenters. The topological polar surface area (TPSA) is 68.6 Å². The quantitative estimate of drug-likeness (QED) is 0.747. The molecular formula is C17H27NO4. The third-order valence-corrected chi connectivity index (χ3v) is 4.04. The van der Waals surface area contributed by atoms with Crippen LogP contribution in [0.5, 0.6) is 0 Å². The molecule has 1 aliphatic heterocycles. The first-order chi connectivity index (χ1) is 10.3. The molecule has 1 saturated carbocycles. The molecule has 5 heteroatoms. The Morgan fingerprint density at radius 1 is 1.23 bits per heavy atom. The van der Waals surface area contributed by atoms with Gasteiger partial charge in [-0.25, -0.2) is 0 Å². The van der Waals surface area contributed by atoms with E-state index in [0.717, 1.165) is 25.7 Å². The first-order valence-electron chi connectivity index (χ1n) is 8.26. The molecule has 1 aliphatic carbocycles. The largest absolute Gasteiger partial charge is 0.460 e. The minimum absolute atomic E-state index is 0.149. The second-order valence-corrected chi connectivity index (χ2v) is 7.34. The molecule has 0 aromatic carbocycles. The van der Waals surface area contributed by atoms with Crippen molar-refractivity contribution in [1.82, 2.24) is 0 Å². The van der Waals surface area contributed by atoms with Gasteiger partial charge in [0.15, 0.2) is 5.79 Å². The molecule has 0 N–H and O–H groups in total. The van der Waals surface area contributed by atoms with Crippen molar-refractivity contribution in [3.05, 3.63) is 0 Å². The van der Waals surface area contributed by atoms with Crippen molar-refractivity contribution in [2.45, 2.75) is 95.7 Å². The van der Waals surface area contributed by atoms with E-state index in [1.807, 2.05) is 20.8 Å². The molecule has 0 aromatic rings. The van der Waals surface area contributed by atoms with Crippen molar-refractivity contribution in [3.8, 4) is 6.07 Å². The average molecular weight is 309 g/mol. The van der Waals surface area contributed by atoms with E-state index in [9.17, 15) is 4.79 Å². The zero-order valence-corrected chi connectivity index (χ0v) is 13.9. The minimum atomic E-state index is -0.593. The van der Waals surface area contributed by atoms with Gasteiger partial charge in [0.25, 0.3) is 0 Å². The number of carbonyl (C=O) groups excluding carboxylic acids is 1. The molecule has 1 saturated heterocycles. The lowest BCUT2D eigenvalue weighted by atomic mass is 9.91. The van der Waals surface area contributed by atoms with E-state index in [1.165, 1.54) is 6.42 Å². The smallest absolute Gasteiger partial charge is 0.308 e. The Labute approximate surface area is 132 Å². The van der Waals surface area contributed by atoms with Gasteiger partial charge in [-0.2, -0.15) is 5.26 Å². The summed E-state index contributed by atoms with van der Waals surface area (Å²) < 4.78 is 17.6. The van der Waals surface area contributed by atoms with Gasteiger partial charge in [-0.05, 0) is 33.6 Å². The monoisotopic (exact) mass is 309 g/mol.